The van der Waals surface area contributed by atoms with E-state index in [0.29, 0.717) is 12.2 Å². The molecule has 0 bridgehead atoms. The summed E-state index contributed by atoms with van der Waals surface area (Å²) in [6.45, 7) is 0.213. The van der Waals surface area contributed by atoms with Gasteiger partial charge in [0.05, 0.1) is 17.4 Å². The monoisotopic (exact) mass is 390 g/mol. The number of amides is 1. The Hall–Kier alpha value is -2.45. The molecule has 0 aromatic heterocycles. The second-order valence-corrected chi connectivity index (χ2v) is 8.81. The molecule has 1 unspecified atom stereocenters. The second kappa shape index (κ2) is 6.03. The lowest BCUT2D eigenvalue weighted by atomic mass is 9.81. The minimum absolute atomic E-state index is 0.0230. The van der Waals surface area contributed by atoms with Crippen LogP contribution in [0.2, 0.25) is 0 Å². The summed E-state index contributed by atoms with van der Waals surface area (Å²) in [5.41, 5.74) is 0.580. The van der Waals surface area contributed by atoms with Crippen LogP contribution in [0, 0.1) is 5.82 Å². The summed E-state index contributed by atoms with van der Waals surface area (Å²) in [6.07, 6.45) is 0.366. The van der Waals surface area contributed by atoms with Gasteiger partial charge in [-0.3, -0.25) is 4.79 Å². The second-order valence-electron chi connectivity index (χ2n) is 6.88. The van der Waals surface area contributed by atoms with Gasteiger partial charge in [0.15, 0.2) is 0 Å². The average molecular weight is 390 g/mol. The number of nitrogens with zero attached hydrogens (tertiary/aromatic N) is 2. The Labute approximate surface area is 157 Å². The first-order chi connectivity index (χ1) is 12.8. The first-order valence-corrected chi connectivity index (χ1v) is 9.96. The van der Waals surface area contributed by atoms with Gasteiger partial charge in [0, 0.05) is 25.8 Å². The van der Waals surface area contributed by atoms with Crippen molar-refractivity contribution in [3.63, 3.8) is 0 Å². The van der Waals surface area contributed by atoms with Crippen molar-refractivity contribution in [2.24, 2.45) is 0 Å². The number of sulfonamides is 1. The molecular formula is C19H19FN2O4S. The highest BCUT2D eigenvalue weighted by Crippen LogP contribution is 2.48. The fourth-order valence-electron chi connectivity index (χ4n) is 4.01. The van der Waals surface area contributed by atoms with Gasteiger partial charge in [0.25, 0.3) is 0 Å². The molecule has 0 saturated carbocycles. The van der Waals surface area contributed by atoms with E-state index in [1.807, 2.05) is 6.07 Å². The van der Waals surface area contributed by atoms with Crippen molar-refractivity contribution in [1.29, 1.82) is 0 Å². The van der Waals surface area contributed by atoms with Crippen LogP contribution in [0.15, 0.2) is 47.4 Å². The predicted molar refractivity (Wildman–Crippen MR) is 97.9 cm³/mol. The van der Waals surface area contributed by atoms with Crippen molar-refractivity contribution in [2.45, 2.75) is 16.7 Å². The molecule has 0 aliphatic carbocycles. The van der Waals surface area contributed by atoms with Gasteiger partial charge < -0.3 is 9.64 Å². The number of rotatable bonds is 3. The first-order valence-electron chi connectivity index (χ1n) is 8.52. The molecule has 1 atom stereocenters. The average Bonchev–Trinajstić information content (AvgIpc) is 3.20. The van der Waals surface area contributed by atoms with Crippen molar-refractivity contribution in [1.82, 2.24) is 4.31 Å². The molecule has 2 aromatic rings. The van der Waals surface area contributed by atoms with Crippen LogP contribution in [0.4, 0.5) is 10.1 Å². The van der Waals surface area contributed by atoms with Crippen LogP contribution in [-0.2, 0) is 20.2 Å². The largest absolute Gasteiger partial charge is 0.497 e. The van der Waals surface area contributed by atoms with E-state index in [9.17, 15) is 17.6 Å². The molecule has 2 aromatic carbocycles. The molecule has 6 nitrogen and oxygen atoms in total. The number of anilines is 1. The molecule has 0 N–H and O–H groups in total. The van der Waals surface area contributed by atoms with Crippen molar-refractivity contribution < 1.29 is 22.3 Å². The highest BCUT2D eigenvalue weighted by atomic mass is 32.2. The molecule has 1 amide bonds. The summed E-state index contributed by atoms with van der Waals surface area (Å²) in [4.78, 5) is 14.5. The Bertz CT molecular complexity index is 1040. The molecular weight excluding hydrogens is 371 g/mol. The van der Waals surface area contributed by atoms with Crippen LogP contribution in [-0.4, -0.2) is 45.9 Å². The van der Waals surface area contributed by atoms with Crippen LogP contribution in [0.1, 0.15) is 12.0 Å². The van der Waals surface area contributed by atoms with E-state index >= 15 is 0 Å². The maximum atomic E-state index is 13.5. The van der Waals surface area contributed by atoms with E-state index in [1.54, 1.807) is 31.2 Å². The molecule has 2 heterocycles. The number of methoxy groups -OCH3 is 1. The number of benzene rings is 2. The van der Waals surface area contributed by atoms with Gasteiger partial charge in [-0.25, -0.2) is 12.8 Å². The lowest BCUT2D eigenvalue weighted by Crippen LogP contribution is -2.42. The number of likely N-dealkylation sites (N-methyl/N-ethyl adjacent to an activating group) is 1. The van der Waals surface area contributed by atoms with E-state index < -0.39 is 21.3 Å². The Morgan fingerprint density at radius 3 is 2.67 bits per heavy atom. The third kappa shape index (κ3) is 2.55. The fraction of sp³-hybridized carbons (Fsp3) is 0.316. The molecule has 142 valence electrons. The molecule has 1 fully saturated rings. The molecule has 27 heavy (non-hydrogen) atoms. The predicted octanol–water partition coefficient (Wildman–Crippen LogP) is 2.14. The zero-order chi connectivity index (χ0) is 19.4. The zero-order valence-corrected chi connectivity index (χ0v) is 15.8. The molecule has 0 radical (unpaired) electrons. The Morgan fingerprint density at radius 2 is 1.96 bits per heavy atom. The van der Waals surface area contributed by atoms with Gasteiger partial charge in [-0.2, -0.15) is 4.31 Å². The standard InChI is InChI=1S/C19H19FN2O4S/c1-21-17-7-6-14(26-2)11-16(17)19(18(21)23)8-9-22(12-19)27(24,25)15-5-3-4-13(20)10-15/h3-7,10-11H,8-9,12H2,1-2H3. The van der Waals surface area contributed by atoms with Crippen LogP contribution < -0.4 is 9.64 Å². The molecule has 1 saturated heterocycles. The number of hydrogen-bond acceptors (Lipinski definition) is 4. The van der Waals surface area contributed by atoms with Crippen LogP contribution in [0.5, 0.6) is 5.75 Å². The Kier molecular flexibility index (Phi) is 4.01. The van der Waals surface area contributed by atoms with E-state index in [4.69, 9.17) is 4.74 Å². The van der Waals surface area contributed by atoms with Crippen LogP contribution >= 0.6 is 0 Å². The maximum Gasteiger partial charge on any atom is 0.243 e. The van der Waals surface area contributed by atoms with Crippen LogP contribution in [0.25, 0.3) is 0 Å². The van der Waals surface area contributed by atoms with E-state index in [0.717, 1.165) is 17.3 Å². The summed E-state index contributed by atoms with van der Waals surface area (Å²) >= 11 is 0. The molecule has 1 spiro atoms. The van der Waals surface area contributed by atoms with Crippen LogP contribution in [0.3, 0.4) is 0 Å². The molecule has 8 heteroatoms. The van der Waals surface area contributed by atoms with Crippen molar-refractivity contribution in [2.75, 3.05) is 32.1 Å². The zero-order valence-electron chi connectivity index (χ0n) is 15.0. The minimum Gasteiger partial charge on any atom is -0.497 e. The van der Waals surface area contributed by atoms with Gasteiger partial charge in [0.1, 0.15) is 11.6 Å². The van der Waals surface area contributed by atoms with Gasteiger partial charge in [-0.05, 0) is 48.4 Å². The van der Waals surface area contributed by atoms with Gasteiger partial charge in [-0.15, -0.1) is 0 Å². The van der Waals surface area contributed by atoms with Crippen molar-refractivity contribution in [3.05, 3.63) is 53.8 Å². The lowest BCUT2D eigenvalue weighted by molar-refractivity contribution is -0.122. The fourth-order valence-corrected chi connectivity index (χ4v) is 5.55. The van der Waals surface area contributed by atoms with Crippen molar-refractivity contribution in [3.8, 4) is 5.75 Å². The highest BCUT2D eigenvalue weighted by Gasteiger charge is 2.55. The van der Waals surface area contributed by atoms with Crippen molar-refractivity contribution >= 4 is 21.6 Å². The maximum absolute atomic E-state index is 13.5. The number of halogens is 1. The highest BCUT2D eigenvalue weighted by molar-refractivity contribution is 7.89. The number of fused-ring (bicyclic) bond motifs is 2. The Morgan fingerprint density at radius 1 is 1.19 bits per heavy atom. The SMILES string of the molecule is COc1ccc2c(c1)C1(CCN(S(=O)(=O)c3cccc(F)c3)C1)C(=O)N2C. The topological polar surface area (TPSA) is 66.9 Å². The number of ether oxygens (including phenoxy) is 1. The Balaban J connectivity index is 1.75. The summed E-state index contributed by atoms with van der Waals surface area (Å²) < 4.78 is 46.0. The minimum atomic E-state index is -3.89. The van der Waals surface area contributed by atoms with E-state index in [-0.39, 0.29) is 23.9 Å². The van der Waals surface area contributed by atoms with E-state index in [1.165, 1.54) is 22.5 Å². The first kappa shape index (κ1) is 17.9. The van der Waals surface area contributed by atoms with Gasteiger partial charge in [-0.1, -0.05) is 6.07 Å². The summed E-state index contributed by atoms with van der Waals surface area (Å²) in [5, 5.41) is 0. The lowest BCUT2D eigenvalue weighted by Gasteiger charge is -2.23. The molecule has 2 aliphatic rings. The van der Waals surface area contributed by atoms with Gasteiger partial charge in [0.2, 0.25) is 15.9 Å². The quantitative estimate of drug-likeness (QED) is 0.805. The summed E-state index contributed by atoms with van der Waals surface area (Å²) in [5.74, 6) is -0.137. The van der Waals surface area contributed by atoms with Gasteiger partial charge >= 0.3 is 0 Å². The third-order valence-electron chi connectivity index (χ3n) is 5.46. The smallest absolute Gasteiger partial charge is 0.243 e. The molecule has 4 rings (SSSR count). The normalized spacial score (nSPS) is 22.5. The molecule has 2 aliphatic heterocycles. The summed E-state index contributed by atoms with van der Waals surface area (Å²) in [6, 6.07) is 10.3. The number of carbonyl (C=O) groups is 1. The number of hydrogen-bond donors (Lipinski definition) is 0. The number of carbonyl (C=O) groups excluding carboxylic acids is 1. The third-order valence-corrected chi connectivity index (χ3v) is 7.30. The summed E-state index contributed by atoms with van der Waals surface area (Å²) in [7, 11) is -0.660. The van der Waals surface area contributed by atoms with E-state index in [2.05, 4.69) is 0 Å².